The number of hydrogen-bond donors (Lipinski definition) is 1. The van der Waals surface area contributed by atoms with Crippen LogP contribution in [-0.2, 0) is 4.79 Å². The molecule has 0 spiro atoms. The highest BCUT2D eigenvalue weighted by molar-refractivity contribution is 7.99. The van der Waals surface area contributed by atoms with Gasteiger partial charge < -0.3 is 5.32 Å². The highest BCUT2D eigenvalue weighted by atomic mass is 32.2. The number of nitrogens with zero attached hydrogens (tertiary/aromatic N) is 5. The van der Waals surface area contributed by atoms with Gasteiger partial charge in [0, 0.05) is 11.8 Å². The molecule has 1 aromatic carbocycles. The summed E-state index contributed by atoms with van der Waals surface area (Å²) in [5.41, 5.74) is -0.529. The number of tetrazole rings is 1. The average molecular weight is 338 g/mol. The number of thioether (sulfide) groups is 1. The molecular weight excluding hydrogens is 327 g/mol. The summed E-state index contributed by atoms with van der Waals surface area (Å²) in [5, 5.41) is 25.0. The third kappa shape index (κ3) is 3.62. The van der Waals surface area contributed by atoms with E-state index in [1.807, 2.05) is 0 Å². The number of nitrogens with one attached hydrogen (secondary N) is 1. The Morgan fingerprint density at radius 1 is 1.52 bits per heavy atom. The molecule has 0 bridgehead atoms. The van der Waals surface area contributed by atoms with Gasteiger partial charge in [0.05, 0.1) is 16.7 Å². The van der Waals surface area contributed by atoms with Crippen molar-refractivity contribution in [3.63, 3.8) is 0 Å². The lowest BCUT2D eigenvalue weighted by Gasteiger charge is -2.05. The molecule has 120 valence electrons. The Kier molecular flexibility index (Phi) is 4.19. The zero-order chi connectivity index (χ0) is 16.4. The van der Waals surface area contributed by atoms with Crippen LogP contribution >= 0.6 is 11.8 Å². The molecule has 1 fully saturated rings. The molecule has 0 unspecified atom stereocenters. The third-order valence-corrected chi connectivity index (χ3v) is 4.05. The Labute approximate surface area is 133 Å². The molecule has 0 radical (unpaired) electrons. The number of amides is 1. The molecular formula is C12H11FN6O3S. The first-order valence-corrected chi connectivity index (χ1v) is 7.67. The topological polar surface area (TPSA) is 116 Å². The normalized spacial score (nSPS) is 13.8. The summed E-state index contributed by atoms with van der Waals surface area (Å²) in [6, 6.07) is 3.48. The SMILES string of the molecule is O=C(CSc1nnnn1C1CC1)Nc1ccc(F)c([N+](=O)[O-])c1. The van der Waals surface area contributed by atoms with E-state index in [0.717, 1.165) is 25.0 Å². The van der Waals surface area contributed by atoms with Crippen LogP contribution in [0.3, 0.4) is 0 Å². The second-order valence-electron chi connectivity index (χ2n) is 4.90. The molecule has 11 heteroatoms. The summed E-state index contributed by atoms with van der Waals surface area (Å²) in [5.74, 6) is -1.30. The van der Waals surface area contributed by atoms with Gasteiger partial charge in [-0.1, -0.05) is 11.8 Å². The van der Waals surface area contributed by atoms with E-state index in [4.69, 9.17) is 0 Å². The Morgan fingerprint density at radius 3 is 3.00 bits per heavy atom. The fourth-order valence-corrected chi connectivity index (χ4v) is 2.63. The summed E-state index contributed by atoms with van der Waals surface area (Å²) in [6.45, 7) is 0. The number of nitro benzene ring substituents is 1. The van der Waals surface area contributed by atoms with Crippen molar-refractivity contribution in [2.24, 2.45) is 0 Å². The fourth-order valence-electron chi connectivity index (χ4n) is 1.89. The number of hydrogen-bond acceptors (Lipinski definition) is 7. The van der Waals surface area contributed by atoms with Crippen LogP contribution < -0.4 is 5.32 Å². The Hall–Kier alpha value is -2.56. The van der Waals surface area contributed by atoms with Gasteiger partial charge in [0.2, 0.25) is 16.9 Å². The van der Waals surface area contributed by atoms with Gasteiger partial charge in [0.1, 0.15) is 0 Å². The molecule has 1 heterocycles. The molecule has 3 rings (SSSR count). The second-order valence-corrected chi connectivity index (χ2v) is 5.84. The number of anilines is 1. The predicted octanol–water partition coefficient (Wildman–Crippen LogP) is 1.79. The number of halogens is 1. The van der Waals surface area contributed by atoms with Crippen LogP contribution in [0.2, 0.25) is 0 Å². The molecule has 1 N–H and O–H groups in total. The van der Waals surface area contributed by atoms with Crippen molar-refractivity contribution in [2.75, 3.05) is 11.1 Å². The number of aromatic nitrogens is 4. The van der Waals surface area contributed by atoms with Crippen LogP contribution in [0.1, 0.15) is 18.9 Å². The standard InChI is InChI=1S/C12H11FN6O3S/c13-9-4-1-7(5-10(9)19(21)22)14-11(20)6-23-12-15-16-17-18(12)8-2-3-8/h1,4-5,8H,2-3,6H2,(H,14,20). The molecule has 1 saturated carbocycles. The smallest absolute Gasteiger partial charge is 0.306 e. The second kappa shape index (κ2) is 6.28. The highest BCUT2D eigenvalue weighted by Gasteiger charge is 2.28. The van der Waals surface area contributed by atoms with Crippen molar-refractivity contribution in [3.8, 4) is 0 Å². The first kappa shape index (κ1) is 15.3. The van der Waals surface area contributed by atoms with E-state index in [9.17, 15) is 19.3 Å². The molecule has 0 atom stereocenters. The van der Waals surface area contributed by atoms with E-state index in [1.54, 1.807) is 4.68 Å². The van der Waals surface area contributed by atoms with Crippen molar-refractivity contribution in [1.29, 1.82) is 0 Å². The Morgan fingerprint density at radius 2 is 2.30 bits per heavy atom. The largest absolute Gasteiger partial charge is 0.325 e. The molecule has 1 amide bonds. The van der Waals surface area contributed by atoms with Gasteiger partial charge in [-0.3, -0.25) is 14.9 Å². The maximum atomic E-state index is 13.2. The molecule has 2 aromatic rings. The minimum absolute atomic E-state index is 0.0399. The molecule has 0 saturated heterocycles. The maximum Gasteiger partial charge on any atom is 0.306 e. The van der Waals surface area contributed by atoms with Crippen molar-refractivity contribution in [3.05, 3.63) is 34.1 Å². The van der Waals surface area contributed by atoms with Crippen molar-refractivity contribution in [2.45, 2.75) is 24.0 Å². The lowest BCUT2D eigenvalue weighted by Crippen LogP contribution is -2.15. The van der Waals surface area contributed by atoms with E-state index in [0.29, 0.717) is 11.2 Å². The first-order valence-electron chi connectivity index (χ1n) is 6.69. The van der Waals surface area contributed by atoms with E-state index < -0.39 is 16.4 Å². The van der Waals surface area contributed by atoms with E-state index >= 15 is 0 Å². The van der Waals surface area contributed by atoms with E-state index in [1.165, 1.54) is 17.8 Å². The number of benzene rings is 1. The molecule has 23 heavy (non-hydrogen) atoms. The fraction of sp³-hybridized carbons (Fsp3) is 0.333. The average Bonchev–Trinajstić information content (AvgIpc) is 3.25. The summed E-state index contributed by atoms with van der Waals surface area (Å²) >= 11 is 1.17. The molecule has 9 nitrogen and oxygen atoms in total. The summed E-state index contributed by atoms with van der Waals surface area (Å²) < 4.78 is 14.9. The number of carbonyl (C=O) groups is 1. The minimum Gasteiger partial charge on any atom is -0.325 e. The summed E-state index contributed by atoms with van der Waals surface area (Å²) in [7, 11) is 0. The van der Waals surface area contributed by atoms with Gasteiger partial charge in [-0.05, 0) is 35.4 Å². The molecule has 1 aromatic heterocycles. The lowest BCUT2D eigenvalue weighted by atomic mass is 10.2. The highest BCUT2D eigenvalue weighted by Crippen LogP contribution is 2.36. The zero-order valence-corrected chi connectivity index (χ0v) is 12.5. The van der Waals surface area contributed by atoms with Crippen LogP contribution in [0.5, 0.6) is 0 Å². The van der Waals surface area contributed by atoms with Crippen LogP contribution in [-0.4, -0.2) is 36.8 Å². The van der Waals surface area contributed by atoms with Gasteiger partial charge in [0.25, 0.3) is 0 Å². The zero-order valence-electron chi connectivity index (χ0n) is 11.7. The van der Waals surface area contributed by atoms with Crippen molar-refractivity contribution < 1.29 is 14.1 Å². The van der Waals surface area contributed by atoms with Gasteiger partial charge in [0.15, 0.2) is 0 Å². The van der Waals surface area contributed by atoms with Crippen LogP contribution in [0.4, 0.5) is 15.8 Å². The predicted molar refractivity (Wildman–Crippen MR) is 78.5 cm³/mol. The molecule has 1 aliphatic rings. The van der Waals surface area contributed by atoms with Gasteiger partial charge in [-0.15, -0.1) is 5.10 Å². The summed E-state index contributed by atoms with van der Waals surface area (Å²) in [6.07, 6.45) is 2.04. The number of rotatable bonds is 6. The van der Waals surface area contributed by atoms with E-state index in [-0.39, 0.29) is 17.3 Å². The third-order valence-electron chi connectivity index (χ3n) is 3.11. The Balaban J connectivity index is 1.60. The molecule has 0 aliphatic heterocycles. The van der Waals surface area contributed by atoms with Gasteiger partial charge in [-0.25, -0.2) is 4.68 Å². The van der Waals surface area contributed by atoms with Gasteiger partial charge in [-0.2, -0.15) is 4.39 Å². The minimum atomic E-state index is -0.953. The monoisotopic (exact) mass is 338 g/mol. The lowest BCUT2D eigenvalue weighted by molar-refractivity contribution is -0.387. The van der Waals surface area contributed by atoms with Crippen molar-refractivity contribution in [1.82, 2.24) is 20.2 Å². The van der Waals surface area contributed by atoms with Crippen LogP contribution in [0.15, 0.2) is 23.4 Å². The number of carbonyl (C=O) groups excluding carboxylic acids is 1. The quantitative estimate of drug-likeness (QED) is 0.485. The van der Waals surface area contributed by atoms with Gasteiger partial charge >= 0.3 is 5.69 Å². The summed E-state index contributed by atoms with van der Waals surface area (Å²) in [4.78, 5) is 21.7. The number of nitro groups is 1. The Bertz CT molecular complexity index is 763. The van der Waals surface area contributed by atoms with Crippen LogP contribution in [0.25, 0.3) is 0 Å². The van der Waals surface area contributed by atoms with E-state index in [2.05, 4.69) is 20.8 Å². The van der Waals surface area contributed by atoms with Crippen molar-refractivity contribution >= 4 is 29.0 Å². The van der Waals surface area contributed by atoms with Crippen LogP contribution in [0, 0.1) is 15.9 Å². The molecule has 1 aliphatic carbocycles. The first-order chi connectivity index (χ1) is 11.0. The maximum absolute atomic E-state index is 13.2.